The summed E-state index contributed by atoms with van der Waals surface area (Å²) >= 11 is 1.35. The number of thioether (sulfide) groups is 1. The molecule has 1 amide bonds. The van der Waals surface area contributed by atoms with Gasteiger partial charge in [0.25, 0.3) is 0 Å². The van der Waals surface area contributed by atoms with Crippen LogP contribution in [0.4, 0.5) is 0 Å². The fraction of sp³-hybridized carbons (Fsp3) is 0.273. The molecule has 0 spiro atoms. The molecular formula is C22H20N2O3S. The molecule has 6 heteroatoms. The summed E-state index contributed by atoms with van der Waals surface area (Å²) in [6.45, 7) is 1.97. The number of amides is 1. The van der Waals surface area contributed by atoms with E-state index in [0.717, 1.165) is 11.1 Å². The number of allylic oxidation sites excluding steroid dienone is 1. The van der Waals surface area contributed by atoms with Gasteiger partial charge in [-0.1, -0.05) is 48.0 Å². The normalized spacial score (nSPS) is 24.1. The molecule has 0 saturated carbocycles. The van der Waals surface area contributed by atoms with Crippen LogP contribution in [0, 0.1) is 18.3 Å². The first-order chi connectivity index (χ1) is 13.5. The van der Waals surface area contributed by atoms with Crippen LogP contribution in [0.3, 0.4) is 0 Å². The monoisotopic (exact) mass is 392 g/mol. The lowest BCUT2D eigenvalue weighted by molar-refractivity contribution is -0.149. The fourth-order valence-electron chi connectivity index (χ4n) is 3.88. The number of rotatable bonds is 3. The first kappa shape index (κ1) is 18.6. The third-order valence-corrected chi connectivity index (χ3v) is 6.56. The van der Waals surface area contributed by atoms with Gasteiger partial charge >= 0.3 is 0 Å². The molecule has 0 unspecified atom stereocenters. The Labute approximate surface area is 168 Å². The highest BCUT2D eigenvalue weighted by Crippen LogP contribution is 2.52. The van der Waals surface area contributed by atoms with Gasteiger partial charge in [0.05, 0.1) is 29.5 Å². The number of para-hydroxylation sites is 1. The lowest BCUT2D eigenvalue weighted by Gasteiger charge is -2.38. The number of hydrogen-bond acceptors (Lipinski definition) is 5. The Kier molecular flexibility index (Phi) is 4.66. The molecule has 2 aliphatic heterocycles. The van der Waals surface area contributed by atoms with E-state index in [1.54, 1.807) is 7.11 Å². The lowest BCUT2D eigenvalue weighted by atomic mass is 9.85. The summed E-state index contributed by atoms with van der Waals surface area (Å²) in [5.41, 5.74) is 1.60. The third kappa shape index (κ3) is 2.79. The molecule has 28 heavy (non-hydrogen) atoms. The number of aryl methyl sites for hydroxylation is 1. The van der Waals surface area contributed by atoms with Crippen molar-refractivity contribution in [2.45, 2.75) is 25.0 Å². The Morgan fingerprint density at radius 1 is 1.25 bits per heavy atom. The van der Waals surface area contributed by atoms with E-state index in [-0.39, 0.29) is 18.2 Å². The van der Waals surface area contributed by atoms with Crippen molar-refractivity contribution in [2.24, 2.45) is 0 Å². The Hall–Kier alpha value is -2.75. The van der Waals surface area contributed by atoms with Crippen LogP contribution in [-0.4, -0.2) is 28.8 Å². The van der Waals surface area contributed by atoms with Crippen LogP contribution >= 0.6 is 11.8 Å². The number of benzene rings is 2. The molecule has 0 bridgehead atoms. The van der Waals surface area contributed by atoms with Crippen molar-refractivity contribution in [3.8, 4) is 11.8 Å². The smallest absolute Gasteiger partial charge is 0.231 e. The minimum absolute atomic E-state index is 0.113. The number of aliphatic hydroxyl groups is 1. The van der Waals surface area contributed by atoms with Gasteiger partial charge < -0.3 is 9.84 Å². The van der Waals surface area contributed by atoms with Crippen LogP contribution in [-0.2, 0) is 10.5 Å². The number of hydrogen-bond donors (Lipinski definition) is 1. The van der Waals surface area contributed by atoms with Crippen LogP contribution in [0.1, 0.15) is 29.0 Å². The molecule has 2 aliphatic rings. The average Bonchev–Trinajstić information content (AvgIpc) is 3.07. The van der Waals surface area contributed by atoms with Crippen molar-refractivity contribution in [3.63, 3.8) is 0 Å². The van der Waals surface area contributed by atoms with Gasteiger partial charge in [-0.05, 0) is 13.0 Å². The molecule has 5 nitrogen and oxygen atoms in total. The molecule has 1 saturated heterocycles. The standard InChI is InChI=1S/C22H20N2O3S/c1-14-7-9-15(10-8-14)22(26)13-28-21-18(12-23)17(11-20(25)24(21)22)16-5-3-4-6-19(16)27-2/h3-10,17,26H,11,13H2,1-2H3/t17-,22+/m1/s1. The third-order valence-electron chi connectivity index (χ3n) is 5.34. The molecule has 2 heterocycles. The largest absolute Gasteiger partial charge is 0.496 e. The molecule has 2 aromatic carbocycles. The van der Waals surface area contributed by atoms with E-state index in [4.69, 9.17) is 4.74 Å². The summed E-state index contributed by atoms with van der Waals surface area (Å²) in [7, 11) is 1.58. The molecule has 1 N–H and O–H groups in total. The number of carbonyl (C=O) groups excluding carboxylic acids is 1. The second-order valence-corrected chi connectivity index (χ2v) is 7.99. The molecule has 2 aromatic rings. The number of nitrogens with zero attached hydrogens (tertiary/aromatic N) is 2. The Balaban J connectivity index is 1.82. The molecule has 2 atom stereocenters. The van der Waals surface area contributed by atoms with Gasteiger partial charge in [0.1, 0.15) is 5.75 Å². The van der Waals surface area contributed by atoms with Gasteiger partial charge in [-0.15, -0.1) is 11.8 Å². The molecule has 142 valence electrons. The van der Waals surface area contributed by atoms with E-state index in [1.165, 1.54) is 16.7 Å². The van der Waals surface area contributed by atoms with E-state index < -0.39 is 5.72 Å². The van der Waals surface area contributed by atoms with Gasteiger partial charge in [0.2, 0.25) is 5.91 Å². The van der Waals surface area contributed by atoms with Crippen molar-refractivity contribution in [1.29, 1.82) is 5.26 Å². The zero-order valence-corrected chi connectivity index (χ0v) is 16.5. The highest BCUT2D eigenvalue weighted by Gasteiger charge is 2.52. The Morgan fingerprint density at radius 3 is 2.64 bits per heavy atom. The van der Waals surface area contributed by atoms with Crippen LogP contribution in [0.15, 0.2) is 59.1 Å². The fourth-order valence-corrected chi connectivity index (χ4v) is 5.24. The van der Waals surface area contributed by atoms with Crippen molar-refractivity contribution < 1.29 is 14.6 Å². The first-order valence-electron chi connectivity index (χ1n) is 9.02. The Morgan fingerprint density at radius 2 is 1.96 bits per heavy atom. The van der Waals surface area contributed by atoms with E-state index in [0.29, 0.717) is 27.7 Å². The average molecular weight is 392 g/mol. The highest BCUT2D eigenvalue weighted by molar-refractivity contribution is 8.03. The van der Waals surface area contributed by atoms with Crippen molar-refractivity contribution in [2.75, 3.05) is 12.9 Å². The molecule has 4 rings (SSSR count). The summed E-state index contributed by atoms with van der Waals surface area (Å²) in [5, 5.41) is 21.9. The summed E-state index contributed by atoms with van der Waals surface area (Å²) < 4.78 is 5.45. The SMILES string of the molecule is COc1ccccc1[C@H]1CC(=O)N2C(=C1C#N)SC[C@]2(O)c1ccc(C)cc1. The summed E-state index contributed by atoms with van der Waals surface area (Å²) in [5.74, 6) is 0.366. The maximum atomic E-state index is 13.1. The first-order valence-corrected chi connectivity index (χ1v) is 10.0. The zero-order chi connectivity index (χ0) is 19.9. The second-order valence-electron chi connectivity index (χ2n) is 7.03. The van der Waals surface area contributed by atoms with Crippen LogP contribution in [0.25, 0.3) is 0 Å². The van der Waals surface area contributed by atoms with Gasteiger partial charge in [-0.3, -0.25) is 9.69 Å². The summed E-state index contributed by atoms with van der Waals surface area (Å²) in [6.07, 6.45) is 0.113. The van der Waals surface area contributed by atoms with Crippen LogP contribution in [0.2, 0.25) is 0 Å². The topological polar surface area (TPSA) is 73.6 Å². The molecule has 0 aliphatic carbocycles. The van der Waals surface area contributed by atoms with Gasteiger partial charge in [-0.25, -0.2) is 0 Å². The summed E-state index contributed by atoms with van der Waals surface area (Å²) in [4.78, 5) is 14.6. The van der Waals surface area contributed by atoms with E-state index in [2.05, 4.69) is 6.07 Å². The van der Waals surface area contributed by atoms with E-state index in [1.807, 2.05) is 55.5 Å². The predicted octanol–water partition coefficient (Wildman–Crippen LogP) is 3.65. The Bertz CT molecular complexity index is 1010. The molecule has 0 radical (unpaired) electrons. The number of nitriles is 1. The van der Waals surface area contributed by atoms with Crippen molar-refractivity contribution in [1.82, 2.24) is 4.90 Å². The van der Waals surface area contributed by atoms with Gasteiger partial charge in [-0.2, -0.15) is 5.26 Å². The minimum Gasteiger partial charge on any atom is -0.496 e. The van der Waals surface area contributed by atoms with E-state index in [9.17, 15) is 15.2 Å². The van der Waals surface area contributed by atoms with Crippen LogP contribution < -0.4 is 4.74 Å². The van der Waals surface area contributed by atoms with Crippen LogP contribution in [0.5, 0.6) is 5.75 Å². The quantitative estimate of drug-likeness (QED) is 0.863. The lowest BCUT2D eigenvalue weighted by Crippen LogP contribution is -2.48. The predicted molar refractivity (Wildman–Crippen MR) is 107 cm³/mol. The number of ether oxygens (including phenoxy) is 1. The summed E-state index contributed by atoms with van der Waals surface area (Å²) in [6, 6.07) is 17.2. The maximum Gasteiger partial charge on any atom is 0.231 e. The number of methoxy groups -OCH3 is 1. The number of fused-ring (bicyclic) bond motifs is 1. The van der Waals surface area contributed by atoms with Crippen molar-refractivity contribution >= 4 is 17.7 Å². The molecule has 0 aromatic heterocycles. The number of carbonyl (C=O) groups is 1. The second kappa shape index (κ2) is 7.01. The molecule has 1 fully saturated rings. The molecular weight excluding hydrogens is 372 g/mol. The maximum absolute atomic E-state index is 13.1. The minimum atomic E-state index is -1.45. The van der Waals surface area contributed by atoms with Gasteiger partial charge in [0.15, 0.2) is 5.72 Å². The van der Waals surface area contributed by atoms with Gasteiger partial charge in [0, 0.05) is 23.5 Å². The highest BCUT2D eigenvalue weighted by atomic mass is 32.2. The van der Waals surface area contributed by atoms with E-state index >= 15 is 0 Å². The van der Waals surface area contributed by atoms with Crippen molar-refractivity contribution in [3.05, 3.63) is 75.8 Å². The zero-order valence-electron chi connectivity index (χ0n) is 15.7.